The summed E-state index contributed by atoms with van der Waals surface area (Å²) < 4.78 is 5.63. The Morgan fingerprint density at radius 1 is 1.40 bits per heavy atom. The SMILES string of the molecule is Cc1ccnc([C@H](NC(=O)[C@H]2CC[C@H](C)O2)C2CC2)n1. The fraction of sp³-hybridized carbons (Fsp3) is 0.667. The fourth-order valence-electron chi connectivity index (χ4n) is 2.68. The van der Waals surface area contributed by atoms with Crippen molar-refractivity contribution in [1.29, 1.82) is 0 Å². The molecule has 5 heteroatoms. The van der Waals surface area contributed by atoms with Crippen LogP contribution in [0.1, 0.15) is 50.2 Å². The van der Waals surface area contributed by atoms with Gasteiger partial charge in [0.15, 0.2) is 5.82 Å². The van der Waals surface area contributed by atoms with Crippen molar-refractivity contribution in [3.05, 3.63) is 23.8 Å². The van der Waals surface area contributed by atoms with Crippen LogP contribution in [0.25, 0.3) is 0 Å². The topological polar surface area (TPSA) is 64.1 Å². The van der Waals surface area contributed by atoms with Crippen molar-refractivity contribution in [3.63, 3.8) is 0 Å². The molecule has 3 rings (SSSR count). The molecule has 0 unspecified atom stereocenters. The molecule has 1 amide bonds. The lowest BCUT2D eigenvalue weighted by Crippen LogP contribution is -2.38. The molecule has 1 saturated carbocycles. The van der Waals surface area contributed by atoms with Gasteiger partial charge in [0.05, 0.1) is 12.1 Å². The van der Waals surface area contributed by atoms with Crippen LogP contribution >= 0.6 is 0 Å². The predicted molar refractivity (Wildman–Crippen MR) is 73.9 cm³/mol. The molecule has 0 radical (unpaired) electrons. The lowest BCUT2D eigenvalue weighted by Gasteiger charge is -2.19. The first-order valence-corrected chi connectivity index (χ1v) is 7.39. The number of nitrogens with zero attached hydrogens (tertiary/aromatic N) is 2. The van der Waals surface area contributed by atoms with Gasteiger partial charge in [0.2, 0.25) is 5.91 Å². The van der Waals surface area contributed by atoms with E-state index in [0.29, 0.717) is 5.92 Å². The molecular formula is C15H21N3O2. The summed E-state index contributed by atoms with van der Waals surface area (Å²) >= 11 is 0. The molecule has 2 heterocycles. The van der Waals surface area contributed by atoms with E-state index in [1.165, 1.54) is 0 Å². The highest BCUT2D eigenvalue weighted by Crippen LogP contribution is 2.40. The number of aryl methyl sites for hydroxylation is 1. The van der Waals surface area contributed by atoms with Gasteiger partial charge in [-0.3, -0.25) is 4.79 Å². The first kappa shape index (κ1) is 13.5. The summed E-state index contributed by atoms with van der Waals surface area (Å²) in [7, 11) is 0. The molecule has 1 saturated heterocycles. The second-order valence-corrected chi connectivity index (χ2v) is 5.89. The van der Waals surface area contributed by atoms with Crippen LogP contribution in [0.15, 0.2) is 12.3 Å². The van der Waals surface area contributed by atoms with E-state index in [9.17, 15) is 4.79 Å². The minimum absolute atomic E-state index is 0.0173. The Balaban J connectivity index is 1.70. The highest BCUT2D eigenvalue weighted by molar-refractivity contribution is 5.81. The van der Waals surface area contributed by atoms with Crippen LogP contribution in [-0.4, -0.2) is 28.1 Å². The third-order valence-electron chi connectivity index (χ3n) is 4.01. The van der Waals surface area contributed by atoms with Gasteiger partial charge < -0.3 is 10.1 Å². The van der Waals surface area contributed by atoms with Gasteiger partial charge in [-0.2, -0.15) is 0 Å². The molecule has 5 nitrogen and oxygen atoms in total. The second-order valence-electron chi connectivity index (χ2n) is 5.89. The van der Waals surface area contributed by atoms with E-state index in [0.717, 1.165) is 37.2 Å². The van der Waals surface area contributed by atoms with Crippen LogP contribution in [-0.2, 0) is 9.53 Å². The number of carbonyl (C=O) groups excluding carboxylic acids is 1. The minimum atomic E-state index is -0.309. The minimum Gasteiger partial charge on any atom is -0.365 e. The summed E-state index contributed by atoms with van der Waals surface area (Å²) in [5.41, 5.74) is 0.931. The fourth-order valence-corrected chi connectivity index (χ4v) is 2.68. The molecule has 1 aliphatic heterocycles. The zero-order chi connectivity index (χ0) is 14.1. The van der Waals surface area contributed by atoms with Crippen molar-refractivity contribution < 1.29 is 9.53 Å². The maximum atomic E-state index is 12.3. The van der Waals surface area contributed by atoms with Gasteiger partial charge in [0.25, 0.3) is 0 Å². The molecule has 0 bridgehead atoms. The summed E-state index contributed by atoms with van der Waals surface area (Å²) in [5.74, 6) is 1.18. The Bertz CT molecular complexity index is 502. The molecule has 1 N–H and O–H groups in total. The predicted octanol–water partition coefficient (Wildman–Crippen LogP) is 1.92. The normalized spacial score (nSPS) is 27.3. The number of hydrogen-bond donors (Lipinski definition) is 1. The largest absolute Gasteiger partial charge is 0.365 e. The average Bonchev–Trinajstić information content (AvgIpc) is 3.17. The van der Waals surface area contributed by atoms with E-state index in [2.05, 4.69) is 15.3 Å². The molecule has 108 valence electrons. The summed E-state index contributed by atoms with van der Waals surface area (Å²) in [6, 6.07) is 1.80. The molecule has 1 aromatic rings. The van der Waals surface area contributed by atoms with E-state index < -0.39 is 0 Å². The van der Waals surface area contributed by atoms with E-state index in [1.807, 2.05) is 19.9 Å². The van der Waals surface area contributed by atoms with Gasteiger partial charge in [-0.25, -0.2) is 9.97 Å². The summed E-state index contributed by atoms with van der Waals surface area (Å²) in [6.07, 6.45) is 5.64. The third kappa shape index (κ3) is 2.98. The molecule has 0 aromatic carbocycles. The van der Waals surface area contributed by atoms with Gasteiger partial charge in [0.1, 0.15) is 6.10 Å². The Morgan fingerprint density at radius 3 is 2.80 bits per heavy atom. The first-order chi connectivity index (χ1) is 9.63. The van der Waals surface area contributed by atoms with Crippen molar-refractivity contribution in [3.8, 4) is 0 Å². The Hall–Kier alpha value is -1.49. The number of nitrogens with one attached hydrogen (secondary N) is 1. The summed E-state index contributed by atoms with van der Waals surface area (Å²) in [4.78, 5) is 21.1. The average molecular weight is 275 g/mol. The molecular weight excluding hydrogens is 254 g/mol. The highest BCUT2D eigenvalue weighted by Gasteiger charge is 2.37. The number of aromatic nitrogens is 2. The summed E-state index contributed by atoms with van der Waals surface area (Å²) in [6.45, 7) is 3.95. The van der Waals surface area contributed by atoms with Gasteiger partial charge in [-0.05, 0) is 51.5 Å². The van der Waals surface area contributed by atoms with Gasteiger partial charge in [-0.1, -0.05) is 0 Å². The number of ether oxygens (including phenoxy) is 1. The zero-order valence-electron chi connectivity index (χ0n) is 12.0. The van der Waals surface area contributed by atoms with Crippen molar-refractivity contribution >= 4 is 5.91 Å². The molecule has 2 fully saturated rings. The van der Waals surface area contributed by atoms with Crippen LogP contribution in [0, 0.1) is 12.8 Å². The lowest BCUT2D eigenvalue weighted by atomic mass is 10.1. The lowest BCUT2D eigenvalue weighted by molar-refractivity contribution is -0.132. The molecule has 1 aliphatic carbocycles. The maximum absolute atomic E-state index is 12.3. The maximum Gasteiger partial charge on any atom is 0.249 e. The van der Waals surface area contributed by atoms with E-state index in [-0.39, 0.29) is 24.2 Å². The Labute approximate surface area is 119 Å². The molecule has 1 aromatic heterocycles. The smallest absolute Gasteiger partial charge is 0.249 e. The standard InChI is InChI=1S/C15H21N3O2/c1-9-7-8-16-14(17-9)13(11-4-5-11)18-15(19)12-6-3-10(2)20-12/h7-8,10-13H,3-6H2,1-2H3,(H,18,19)/t10-,12+,13+/m0/s1. The Morgan fingerprint density at radius 2 is 2.20 bits per heavy atom. The Kier molecular flexibility index (Phi) is 3.70. The van der Waals surface area contributed by atoms with Crippen LogP contribution < -0.4 is 5.32 Å². The van der Waals surface area contributed by atoms with Gasteiger partial charge in [-0.15, -0.1) is 0 Å². The van der Waals surface area contributed by atoms with E-state index >= 15 is 0 Å². The van der Waals surface area contributed by atoms with Crippen LogP contribution in [0.3, 0.4) is 0 Å². The first-order valence-electron chi connectivity index (χ1n) is 7.39. The number of amides is 1. The van der Waals surface area contributed by atoms with Gasteiger partial charge in [0, 0.05) is 11.9 Å². The molecule has 2 aliphatic rings. The molecule has 0 spiro atoms. The van der Waals surface area contributed by atoms with E-state index in [1.54, 1.807) is 6.20 Å². The highest BCUT2D eigenvalue weighted by atomic mass is 16.5. The monoisotopic (exact) mass is 275 g/mol. The van der Waals surface area contributed by atoms with Crippen molar-refractivity contribution in [2.45, 2.75) is 57.8 Å². The van der Waals surface area contributed by atoms with Crippen LogP contribution in [0.2, 0.25) is 0 Å². The van der Waals surface area contributed by atoms with Crippen molar-refractivity contribution in [1.82, 2.24) is 15.3 Å². The third-order valence-corrected chi connectivity index (χ3v) is 4.01. The number of carbonyl (C=O) groups is 1. The van der Waals surface area contributed by atoms with Gasteiger partial charge >= 0.3 is 0 Å². The quantitative estimate of drug-likeness (QED) is 0.911. The molecule has 20 heavy (non-hydrogen) atoms. The zero-order valence-corrected chi connectivity index (χ0v) is 12.0. The second kappa shape index (κ2) is 5.48. The van der Waals surface area contributed by atoms with Crippen molar-refractivity contribution in [2.24, 2.45) is 5.92 Å². The van der Waals surface area contributed by atoms with E-state index in [4.69, 9.17) is 4.74 Å². The summed E-state index contributed by atoms with van der Waals surface area (Å²) in [5, 5.41) is 3.10. The van der Waals surface area contributed by atoms with Crippen molar-refractivity contribution in [2.75, 3.05) is 0 Å². The molecule has 3 atom stereocenters. The van der Waals surface area contributed by atoms with Crippen LogP contribution in [0.5, 0.6) is 0 Å². The number of hydrogen-bond acceptors (Lipinski definition) is 4. The number of rotatable bonds is 4. The van der Waals surface area contributed by atoms with Crippen LogP contribution in [0.4, 0.5) is 0 Å².